The molecule has 0 aliphatic carbocycles. The monoisotopic (exact) mass is 419 g/mol. The zero-order chi connectivity index (χ0) is 17.5. The Balaban J connectivity index is 0. The molecule has 1 heterocycles. The predicted molar refractivity (Wildman–Crippen MR) is 108 cm³/mol. The second-order valence-corrected chi connectivity index (χ2v) is 8.92. The molecule has 25 heavy (non-hydrogen) atoms. The van der Waals surface area contributed by atoms with Gasteiger partial charge in [-0.2, -0.15) is 0 Å². The molecule has 2 unspecified atom stereocenters. The number of carbonyl (C=O) groups is 1. The van der Waals surface area contributed by atoms with Crippen LogP contribution in [0.25, 0.3) is 0 Å². The Morgan fingerprint density at radius 1 is 1.16 bits per heavy atom. The first-order valence-corrected chi connectivity index (χ1v) is 10.8. The number of nitrogens with two attached hydrogens (primary N) is 1. The van der Waals surface area contributed by atoms with Crippen LogP contribution in [0.4, 0.5) is 0 Å². The SMILES string of the molecule is CCC(CC)C(CNC(=O)C(N)CCS(C)(=O)=O)N1CCCC1.Cl.Cl. The number of nitrogens with zero attached hydrogens (tertiary/aromatic N) is 1. The topological polar surface area (TPSA) is 92.5 Å². The van der Waals surface area contributed by atoms with Crippen LogP contribution in [0, 0.1) is 5.92 Å². The molecule has 0 aromatic rings. The Hall–Kier alpha value is -0.0800. The lowest BCUT2D eigenvalue weighted by Crippen LogP contribution is -2.50. The van der Waals surface area contributed by atoms with Gasteiger partial charge in [0, 0.05) is 18.8 Å². The van der Waals surface area contributed by atoms with Crippen molar-refractivity contribution in [2.45, 2.75) is 58.0 Å². The highest BCUT2D eigenvalue weighted by Gasteiger charge is 2.28. The Kier molecular flexibility index (Phi) is 14.3. The first kappa shape index (κ1) is 27.1. The zero-order valence-corrected chi connectivity index (χ0v) is 18.0. The summed E-state index contributed by atoms with van der Waals surface area (Å²) in [5.41, 5.74) is 5.82. The van der Waals surface area contributed by atoms with Gasteiger partial charge in [-0.05, 0) is 38.3 Å². The number of hydrogen-bond acceptors (Lipinski definition) is 5. The molecule has 1 fully saturated rings. The second kappa shape index (κ2) is 13.1. The van der Waals surface area contributed by atoms with Crippen molar-refractivity contribution in [3.63, 3.8) is 0 Å². The maximum absolute atomic E-state index is 12.1. The second-order valence-electron chi connectivity index (χ2n) is 6.66. The van der Waals surface area contributed by atoms with Gasteiger partial charge in [-0.15, -0.1) is 24.8 Å². The molecule has 0 radical (unpaired) electrons. The fourth-order valence-corrected chi connectivity index (χ4v) is 3.99. The van der Waals surface area contributed by atoms with Crippen LogP contribution in [-0.4, -0.2) is 63.0 Å². The Labute approximate surface area is 165 Å². The lowest BCUT2D eigenvalue weighted by atomic mass is 9.93. The minimum atomic E-state index is -3.09. The van der Waals surface area contributed by atoms with Gasteiger partial charge in [-0.1, -0.05) is 26.7 Å². The van der Waals surface area contributed by atoms with Crippen molar-refractivity contribution in [2.24, 2.45) is 11.7 Å². The maximum atomic E-state index is 12.1. The van der Waals surface area contributed by atoms with Gasteiger partial charge >= 0.3 is 0 Å². The van der Waals surface area contributed by atoms with Gasteiger partial charge in [0.2, 0.25) is 5.91 Å². The van der Waals surface area contributed by atoms with Gasteiger partial charge < -0.3 is 11.1 Å². The van der Waals surface area contributed by atoms with E-state index in [1.807, 2.05) is 0 Å². The molecule has 1 aliphatic rings. The lowest BCUT2D eigenvalue weighted by Gasteiger charge is -2.34. The number of halogens is 2. The van der Waals surface area contributed by atoms with Crippen LogP contribution in [0.15, 0.2) is 0 Å². The van der Waals surface area contributed by atoms with Crippen molar-refractivity contribution in [2.75, 3.05) is 31.6 Å². The van der Waals surface area contributed by atoms with Gasteiger partial charge in [0.1, 0.15) is 9.84 Å². The predicted octanol–water partition coefficient (Wildman–Crippen LogP) is 1.61. The van der Waals surface area contributed by atoms with E-state index in [4.69, 9.17) is 5.73 Å². The average molecular weight is 420 g/mol. The van der Waals surface area contributed by atoms with Crippen molar-refractivity contribution in [3.05, 3.63) is 0 Å². The molecule has 1 rings (SSSR count). The molecule has 0 aromatic carbocycles. The van der Waals surface area contributed by atoms with Crippen LogP contribution >= 0.6 is 24.8 Å². The molecule has 1 saturated heterocycles. The summed E-state index contributed by atoms with van der Waals surface area (Å²) in [6, 6.07) is -0.413. The van der Waals surface area contributed by atoms with E-state index in [-0.39, 0.29) is 42.9 Å². The van der Waals surface area contributed by atoms with Gasteiger partial charge in [0.25, 0.3) is 0 Å². The van der Waals surface area contributed by atoms with Crippen molar-refractivity contribution in [1.82, 2.24) is 10.2 Å². The van der Waals surface area contributed by atoms with Gasteiger partial charge in [-0.25, -0.2) is 8.42 Å². The summed E-state index contributed by atoms with van der Waals surface area (Å²) in [4.78, 5) is 14.6. The molecule has 1 amide bonds. The fraction of sp³-hybridized carbons (Fsp3) is 0.938. The van der Waals surface area contributed by atoms with Gasteiger partial charge in [-0.3, -0.25) is 9.69 Å². The number of rotatable bonds is 10. The Morgan fingerprint density at radius 3 is 2.12 bits per heavy atom. The third kappa shape index (κ3) is 9.99. The number of sulfone groups is 1. The summed E-state index contributed by atoms with van der Waals surface area (Å²) >= 11 is 0. The Morgan fingerprint density at radius 2 is 1.68 bits per heavy atom. The first-order valence-electron chi connectivity index (χ1n) is 8.73. The number of carbonyl (C=O) groups excluding carboxylic acids is 1. The summed E-state index contributed by atoms with van der Waals surface area (Å²) in [6.07, 6.45) is 5.95. The van der Waals surface area contributed by atoms with Crippen molar-refractivity contribution in [3.8, 4) is 0 Å². The third-order valence-corrected chi connectivity index (χ3v) is 5.80. The molecule has 2 atom stereocenters. The largest absolute Gasteiger partial charge is 0.353 e. The highest BCUT2D eigenvalue weighted by Crippen LogP contribution is 2.22. The lowest BCUT2D eigenvalue weighted by molar-refractivity contribution is -0.122. The quantitative estimate of drug-likeness (QED) is 0.560. The van der Waals surface area contributed by atoms with Crippen LogP contribution in [0.1, 0.15) is 46.0 Å². The van der Waals surface area contributed by atoms with Crippen LogP contribution in [0.2, 0.25) is 0 Å². The summed E-state index contributed by atoms with van der Waals surface area (Å²) in [5, 5.41) is 2.94. The van der Waals surface area contributed by atoms with Crippen molar-refractivity contribution in [1.29, 1.82) is 0 Å². The highest BCUT2D eigenvalue weighted by atomic mass is 35.5. The molecular weight excluding hydrogens is 385 g/mol. The van der Waals surface area contributed by atoms with Crippen LogP contribution in [0.3, 0.4) is 0 Å². The van der Waals surface area contributed by atoms with Crippen molar-refractivity contribution >= 4 is 40.6 Å². The van der Waals surface area contributed by atoms with Crippen LogP contribution < -0.4 is 11.1 Å². The number of nitrogens with one attached hydrogen (secondary N) is 1. The van der Waals surface area contributed by atoms with E-state index in [2.05, 4.69) is 24.1 Å². The third-order valence-electron chi connectivity index (χ3n) is 4.82. The smallest absolute Gasteiger partial charge is 0.237 e. The molecule has 152 valence electrons. The van der Waals surface area contributed by atoms with E-state index in [0.29, 0.717) is 18.5 Å². The molecule has 6 nitrogen and oxygen atoms in total. The van der Waals surface area contributed by atoms with E-state index < -0.39 is 15.9 Å². The highest BCUT2D eigenvalue weighted by molar-refractivity contribution is 7.90. The fourth-order valence-electron chi connectivity index (χ4n) is 3.31. The molecular formula is C16H35Cl2N3O3S. The molecule has 3 N–H and O–H groups in total. The number of likely N-dealkylation sites (tertiary alicyclic amines) is 1. The van der Waals surface area contributed by atoms with E-state index in [0.717, 1.165) is 32.2 Å². The summed E-state index contributed by atoms with van der Waals surface area (Å²) in [5.74, 6) is 0.258. The molecule has 0 bridgehead atoms. The van der Waals surface area contributed by atoms with E-state index >= 15 is 0 Å². The van der Waals surface area contributed by atoms with Gasteiger partial charge in [0.05, 0.1) is 11.8 Å². The standard InChI is InChI=1S/C16H33N3O3S.2ClH/c1-4-13(5-2)15(19-9-6-7-10-19)12-18-16(20)14(17)8-11-23(3,21)22;;/h13-15H,4-12,17H2,1-3H3,(H,18,20);2*1H. The molecule has 1 aliphatic heterocycles. The zero-order valence-electron chi connectivity index (χ0n) is 15.6. The normalized spacial score (nSPS) is 17.5. The summed E-state index contributed by atoms with van der Waals surface area (Å²) in [7, 11) is -3.09. The van der Waals surface area contributed by atoms with E-state index in [9.17, 15) is 13.2 Å². The van der Waals surface area contributed by atoms with Crippen molar-refractivity contribution < 1.29 is 13.2 Å². The molecule has 0 aromatic heterocycles. The molecule has 0 spiro atoms. The summed E-state index contributed by atoms with van der Waals surface area (Å²) < 4.78 is 22.3. The van der Waals surface area contributed by atoms with E-state index in [1.54, 1.807) is 0 Å². The van der Waals surface area contributed by atoms with Gasteiger partial charge in [0.15, 0.2) is 0 Å². The number of hydrogen-bond donors (Lipinski definition) is 2. The summed E-state index contributed by atoms with van der Waals surface area (Å²) in [6.45, 7) is 7.17. The first-order chi connectivity index (χ1) is 10.8. The maximum Gasteiger partial charge on any atom is 0.237 e. The minimum absolute atomic E-state index is 0. The molecule has 0 saturated carbocycles. The van der Waals surface area contributed by atoms with E-state index in [1.165, 1.54) is 12.8 Å². The Bertz CT molecular complexity index is 465. The minimum Gasteiger partial charge on any atom is -0.353 e. The number of amides is 1. The van der Waals surface area contributed by atoms with Crippen LogP contribution in [0.5, 0.6) is 0 Å². The molecule has 9 heteroatoms. The van der Waals surface area contributed by atoms with Crippen LogP contribution in [-0.2, 0) is 14.6 Å². The average Bonchev–Trinajstić information content (AvgIpc) is 3.01.